The summed E-state index contributed by atoms with van der Waals surface area (Å²) >= 11 is 4.85. The van der Waals surface area contributed by atoms with E-state index in [1.807, 2.05) is 17.5 Å². The molecule has 2 nitrogen and oxygen atoms in total. The Hall–Kier alpha value is -0.790. The van der Waals surface area contributed by atoms with Crippen LogP contribution < -0.4 is 5.73 Å². The van der Waals surface area contributed by atoms with Gasteiger partial charge in [0, 0.05) is 17.0 Å². The molecule has 0 aliphatic rings. The van der Waals surface area contributed by atoms with Crippen molar-refractivity contribution in [3.8, 4) is 6.07 Å². The third-order valence-corrected chi connectivity index (χ3v) is 2.63. The zero-order valence-corrected chi connectivity index (χ0v) is 7.95. The van der Waals surface area contributed by atoms with Gasteiger partial charge in [0.05, 0.1) is 15.6 Å². The first kappa shape index (κ1) is 8.31. The molecule has 0 radical (unpaired) electrons. The van der Waals surface area contributed by atoms with Crippen LogP contribution in [-0.2, 0) is 0 Å². The molecule has 56 valence electrons. The highest BCUT2D eigenvalue weighted by Gasteiger charge is 1.98. The molecule has 0 saturated carbocycles. The molecule has 1 aromatic rings. The molecule has 0 bridgehead atoms. The van der Waals surface area contributed by atoms with Crippen LogP contribution in [0, 0.1) is 11.3 Å². The molecule has 0 atom stereocenters. The van der Waals surface area contributed by atoms with Crippen molar-refractivity contribution in [2.45, 2.75) is 0 Å². The minimum absolute atomic E-state index is 0.509. The molecule has 1 heterocycles. The van der Waals surface area contributed by atoms with E-state index in [-0.39, 0.29) is 0 Å². The standard InChI is InChI=1S/C7H5BrN2S/c8-7-3-5(4-11-7)6(10)1-2-9/h1,3-4H,10H2. The molecule has 0 saturated heterocycles. The molecule has 0 unspecified atom stereocenters. The molecule has 1 rings (SSSR count). The number of nitrogens with two attached hydrogens (primary N) is 1. The maximum Gasteiger partial charge on any atom is 0.0933 e. The SMILES string of the molecule is N#CC=C(N)c1csc(Br)c1. The molecule has 0 aliphatic heterocycles. The van der Waals surface area contributed by atoms with Gasteiger partial charge in [-0.1, -0.05) is 0 Å². The largest absolute Gasteiger partial charge is 0.398 e. The highest BCUT2D eigenvalue weighted by atomic mass is 79.9. The summed E-state index contributed by atoms with van der Waals surface area (Å²) in [5, 5.41) is 10.2. The van der Waals surface area contributed by atoms with Crippen molar-refractivity contribution in [2.24, 2.45) is 5.73 Å². The van der Waals surface area contributed by atoms with Crippen LogP contribution in [0.25, 0.3) is 5.70 Å². The van der Waals surface area contributed by atoms with E-state index < -0.39 is 0 Å². The number of nitriles is 1. The second kappa shape index (κ2) is 3.56. The molecule has 0 aromatic carbocycles. The fourth-order valence-corrected chi connectivity index (χ4v) is 1.78. The minimum atomic E-state index is 0.509. The maximum atomic E-state index is 8.29. The Morgan fingerprint density at radius 2 is 2.55 bits per heavy atom. The molecule has 2 N–H and O–H groups in total. The van der Waals surface area contributed by atoms with Gasteiger partial charge in [-0.2, -0.15) is 5.26 Å². The van der Waals surface area contributed by atoms with Crippen molar-refractivity contribution in [3.63, 3.8) is 0 Å². The average molecular weight is 229 g/mol. The molecule has 11 heavy (non-hydrogen) atoms. The van der Waals surface area contributed by atoms with E-state index in [1.54, 1.807) is 11.3 Å². The Bertz CT molecular complexity index is 321. The first-order valence-corrected chi connectivity index (χ1v) is 4.51. The van der Waals surface area contributed by atoms with Gasteiger partial charge in [0.25, 0.3) is 0 Å². The van der Waals surface area contributed by atoms with E-state index in [0.29, 0.717) is 5.70 Å². The van der Waals surface area contributed by atoms with Gasteiger partial charge >= 0.3 is 0 Å². The van der Waals surface area contributed by atoms with Gasteiger partial charge in [-0.3, -0.25) is 0 Å². The minimum Gasteiger partial charge on any atom is -0.398 e. The number of rotatable bonds is 1. The van der Waals surface area contributed by atoms with Gasteiger partial charge in [-0.25, -0.2) is 0 Å². The summed E-state index contributed by atoms with van der Waals surface area (Å²) in [7, 11) is 0. The first-order valence-electron chi connectivity index (χ1n) is 2.83. The monoisotopic (exact) mass is 228 g/mol. The third kappa shape index (κ3) is 2.07. The fraction of sp³-hybridized carbons (Fsp3) is 0. The number of hydrogen-bond donors (Lipinski definition) is 1. The molecule has 1 aromatic heterocycles. The summed E-state index contributed by atoms with van der Waals surface area (Å²) in [6, 6.07) is 3.76. The first-order chi connectivity index (χ1) is 5.24. The predicted molar refractivity (Wildman–Crippen MR) is 49.8 cm³/mol. The lowest BCUT2D eigenvalue weighted by Gasteiger charge is -1.90. The number of halogens is 1. The van der Waals surface area contributed by atoms with Crippen molar-refractivity contribution in [3.05, 3.63) is 26.9 Å². The summed E-state index contributed by atoms with van der Waals surface area (Å²) in [4.78, 5) is 0. The molecular formula is C7H5BrN2S. The van der Waals surface area contributed by atoms with Crippen molar-refractivity contribution in [1.82, 2.24) is 0 Å². The van der Waals surface area contributed by atoms with Gasteiger partial charge in [0.15, 0.2) is 0 Å². The smallest absolute Gasteiger partial charge is 0.0933 e. The van der Waals surface area contributed by atoms with Crippen LogP contribution in [0.4, 0.5) is 0 Å². The molecule has 0 aliphatic carbocycles. The summed E-state index contributed by atoms with van der Waals surface area (Å²) in [5.41, 5.74) is 6.94. The highest BCUT2D eigenvalue weighted by molar-refractivity contribution is 9.11. The van der Waals surface area contributed by atoms with Crippen molar-refractivity contribution in [1.29, 1.82) is 5.26 Å². The van der Waals surface area contributed by atoms with Crippen LogP contribution in [0.3, 0.4) is 0 Å². The van der Waals surface area contributed by atoms with Crippen LogP contribution >= 0.6 is 27.3 Å². The Balaban J connectivity index is 2.95. The van der Waals surface area contributed by atoms with Gasteiger partial charge in [-0.15, -0.1) is 11.3 Å². The molecular weight excluding hydrogens is 224 g/mol. The Morgan fingerprint density at radius 3 is 3.00 bits per heavy atom. The Labute approximate surface area is 77.1 Å². The average Bonchev–Trinajstić information content (AvgIpc) is 2.36. The van der Waals surface area contributed by atoms with E-state index in [2.05, 4.69) is 15.9 Å². The predicted octanol–water partition coefficient (Wildman–Crippen LogP) is 2.33. The topological polar surface area (TPSA) is 49.8 Å². The number of hydrogen-bond acceptors (Lipinski definition) is 3. The lowest BCUT2D eigenvalue weighted by Crippen LogP contribution is -1.92. The van der Waals surface area contributed by atoms with Gasteiger partial charge in [0.1, 0.15) is 0 Å². The van der Waals surface area contributed by atoms with E-state index in [9.17, 15) is 0 Å². The third-order valence-electron chi connectivity index (χ3n) is 1.12. The van der Waals surface area contributed by atoms with Crippen LogP contribution in [-0.4, -0.2) is 0 Å². The summed E-state index contributed by atoms with van der Waals surface area (Å²) in [6.07, 6.45) is 1.33. The lowest BCUT2D eigenvalue weighted by atomic mass is 10.2. The zero-order valence-electron chi connectivity index (χ0n) is 5.54. The summed E-state index contributed by atoms with van der Waals surface area (Å²) in [6.45, 7) is 0. The maximum absolute atomic E-state index is 8.29. The normalized spacial score (nSPS) is 11.1. The van der Waals surface area contributed by atoms with Crippen molar-refractivity contribution in [2.75, 3.05) is 0 Å². The van der Waals surface area contributed by atoms with Gasteiger partial charge in [0.2, 0.25) is 0 Å². The van der Waals surface area contributed by atoms with Crippen LogP contribution in [0.15, 0.2) is 21.3 Å². The van der Waals surface area contributed by atoms with Crippen LogP contribution in [0.5, 0.6) is 0 Å². The van der Waals surface area contributed by atoms with Crippen LogP contribution in [0.2, 0.25) is 0 Å². The van der Waals surface area contributed by atoms with Gasteiger partial charge < -0.3 is 5.73 Å². The van der Waals surface area contributed by atoms with E-state index in [1.165, 1.54) is 6.08 Å². The number of allylic oxidation sites excluding steroid dienone is 1. The van der Waals surface area contributed by atoms with E-state index >= 15 is 0 Å². The van der Waals surface area contributed by atoms with Crippen molar-refractivity contribution < 1.29 is 0 Å². The Kier molecular flexibility index (Phi) is 2.69. The number of thiophene rings is 1. The molecule has 0 spiro atoms. The highest BCUT2D eigenvalue weighted by Crippen LogP contribution is 2.23. The zero-order chi connectivity index (χ0) is 8.27. The van der Waals surface area contributed by atoms with E-state index in [0.717, 1.165) is 9.35 Å². The fourth-order valence-electron chi connectivity index (χ4n) is 0.614. The molecule has 0 fully saturated rings. The van der Waals surface area contributed by atoms with Crippen molar-refractivity contribution >= 4 is 33.0 Å². The van der Waals surface area contributed by atoms with Crippen LogP contribution in [0.1, 0.15) is 5.56 Å². The second-order valence-corrected chi connectivity index (χ2v) is 4.16. The lowest BCUT2D eigenvalue weighted by molar-refractivity contribution is 1.51. The Morgan fingerprint density at radius 1 is 1.82 bits per heavy atom. The number of nitrogens with zero attached hydrogens (tertiary/aromatic N) is 1. The second-order valence-electron chi connectivity index (χ2n) is 1.87. The van der Waals surface area contributed by atoms with Gasteiger partial charge in [-0.05, 0) is 22.0 Å². The molecule has 4 heteroatoms. The summed E-state index contributed by atoms with van der Waals surface area (Å²) < 4.78 is 1.02. The van der Waals surface area contributed by atoms with E-state index in [4.69, 9.17) is 11.0 Å². The summed E-state index contributed by atoms with van der Waals surface area (Å²) in [5.74, 6) is 0. The quantitative estimate of drug-likeness (QED) is 0.751. The molecule has 0 amide bonds.